The molecule has 2 aromatic carbocycles. The Morgan fingerprint density at radius 3 is 2.54 bits per heavy atom. The van der Waals surface area contributed by atoms with Gasteiger partial charge in [-0.2, -0.15) is 4.31 Å². The molecular weight excluding hydrogens is 468 g/mol. The lowest BCUT2D eigenvalue weighted by atomic mass is 9.97. The molecule has 1 unspecified atom stereocenters. The summed E-state index contributed by atoms with van der Waals surface area (Å²) in [6.07, 6.45) is 1.32. The van der Waals surface area contributed by atoms with Gasteiger partial charge in [0.15, 0.2) is 6.61 Å². The lowest BCUT2D eigenvalue weighted by molar-refractivity contribution is -0.137. The molecule has 0 bridgehead atoms. The molecule has 2 saturated heterocycles. The first-order chi connectivity index (χ1) is 16.8. The number of hydrogen-bond donors (Lipinski definition) is 1. The van der Waals surface area contributed by atoms with Gasteiger partial charge >= 0.3 is 0 Å². The molecule has 3 heterocycles. The predicted octanol–water partition coefficient (Wildman–Crippen LogP) is 2.08. The standard InChI is InChI=1S/C25H30N4O5S/c1-18-14-21-22(34-17-24(30)26-21)15-23(18)35(32,33)29-9-5-6-19(16-29)25(31)28-12-10-27(11-13-28)20-7-3-2-4-8-20/h2-4,7-8,14-15,19H,5-6,9-13,16-17H2,1H3,(H,26,30). The summed E-state index contributed by atoms with van der Waals surface area (Å²) >= 11 is 0. The molecule has 0 radical (unpaired) electrons. The number of nitrogens with zero attached hydrogens (tertiary/aromatic N) is 3. The maximum absolute atomic E-state index is 13.6. The molecule has 3 aliphatic heterocycles. The number of nitrogens with one attached hydrogen (secondary N) is 1. The summed E-state index contributed by atoms with van der Waals surface area (Å²) in [6.45, 7) is 4.88. The second kappa shape index (κ2) is 9.50. The molecule has 186 valence electrons. The van der Waals surface area contributed by atoms with Crippen LogP contribution in [-0.4, -0.2) is 75.3 Å². The number of piperidine rings is 1. The highest BCUT2D eigenvalue weighted by atomic mass is 32.2. The van der Waals surface area contributed by atoms with E-state index in [-0.39, 0.29) is 35.8 Å². The lowest BCUT2D eigenvalue weighted by Gasteiger charge is -2.39. The van der Waals surface area contributed by atoms with Crippen molar-refractivity contribution in [1.82, 2.24) is 9.21 Å². The Morgan fingerprint density at radius 1 is 1.06 bits per heavy atom. The van der Waals surface area contributed by atoms with Crippen LogP contribution in [0, 0.1) is 12.8 Å². The molecule has 0 spiro atoms. The largest absolute Gasteiger partial charge is 0.482 e. The summed E-state index contributed by atoms with van der Waals surface area (Å²) in [5.41, 5.74) is 2.15. The molecule has 5 rings (SSSR count). The number of ether oxygens (including phenoxy) is 1. The highest BCUT2D eigenvalue weighted by Gasteiger charge is 2.37. The van der Waals surface area contributed by atoms with Gasteiger partial charge in [0, 0.05) is 51.0 Å². The number of carbonyl (C=O) groups excluding carboxylic acids is 2. The third kappa shape index (κ3) is 4.72. The van der Waals surface area contributed by atoms with Crippen LogP contribution in [0.25, 0.3) is 0 Å². The third-order valence-corrected chi connectivity index (χ3v) is 8.98. The summed E-state index contributed by atoms with van der Waals surface area (Å²) in [4.78, 5) is 29.2. The van der Waals surface area contributed by atoms with Crippen LogP contribution >= 0.6 is 0 Å². The Kier molecular flexibility index (Phi) is 6.41. The average Bonchev–Trinajstić information content (AvgIpc) is 2.88. The predicted molar refractivity (Wildman–Crippen MR) is 132 cm³/mol. The molecule has 2 aromatic rings. The second-order valence-corrected chi connectivity index (χ2v) is 11.2. The van der Waals surface area contributed by atoms with E-state index in [2.05, 4.69) is 22.3 Å². The molecule has 35 heavy (non-hydrogen) atoms. The van der Waals surface area contributed by atoms with E-state index in [0.29, 0.717) is 49.5 Å². The maximum Gasteiger partial charge on any atom is 0.262 e. The van der Waals surface area contributed by atoms with Gasteiger partial charge in [0.25, 0.3) is 5.91 Å². The molecule has 1 atom stereocenters. The highest BCUT2D eigenvalue weighted by molar-refractivity contribution is 7.89. The van der Waals surface area contributed by atoms with Crippen molar-refractivity contribution in [2.24, 2.45) is 5.92 Å². The van der Waals surface area contributed by atoms with Crippen LogP contribution < -0.4 is 15.0 Å². The topological polar surface area (TPSA) is 99.3 Å². The molecule has 0 saturated carbocycles. The Labute approximate surface area is 205 Å². The average molecular weight is 499 g/mol. The van der Waals surface area contributed by atoms with E-state index in [1.165, 1.54) is 10.4 Å². The van der Waals surface area contributed by atoms with Crippen molar-refractivity contribution in [2.45, 2.75) is 24.7 Å². The van der Waals surface area contributed by atoms with E-state index in [1.54, 1.807) is 13.0 Å². The van der Waals surface area contributed by atoms with Crippen LogP contribution in [0.2, 0.25) is 0 Å². The Balaban J connectivity index is 1.27. The Bertz CT molecular complexity index is 1230. The SMILES string of the molecule is Cc1cc2c(cc1S(=O)(=O)N1CCCC(C(=O)N3CCN(c4ccccc4)CC3)C1)OCC(=O)N2. The zero-order valence-electron chi connectivity index (χ0n) is 19.8. The minimum atomic E-state index is -3.82. The summed E-state index contributed by atoms with van der Waals surface area (Å²) in [6, 6.07) is 13.3. The number of hydrogen-bond acceptors (Lipinski definition) is 6. The van der Waals surface area contributed by atoms with Crippen molar-refractivity contribution in [3.63, 3.8) is 0 Å². The number of para-hydroxylation sites is 1. The van der Waals surface area contributed by atoms with E-state index in [9.17, 15) is 18.0 Å². The number of rotatable bonds is 4. The van der Waals surface area contributed by atoms with Gasteiger partial charge in [0.2, 0.25) is 15.9 Å². The van der Waals surface area contributed by atoms with Crippen LogP contribution in [0.5, 0.6) is 5.75 Å². The first-order valence-corrected chi connectivity index (χ1v) is 13.4. The van der Waals surface area contributed by atoms with Crippen LogP contribution in [0.15, 0.2) is 47.4 Å². The van der Waals surface area contributed by atoms with Gasteiger partial charge in [-0.05, 0) is 43.5 Å². The van der Waals surface area contributed by atoms with Crippen molar-refractivity contribution >= 4 is 33.2 Å². The van der Waals surface area contributed by atoms with Gasteiger partial charge in [0.05, 0.1) is 16.5 Å². The van der Waals surface area contributed by atoms with Gasteiger partial charge in [-0.15, -0.1) is 0 Å². The molecule has 1 N–H and O–H groups in total. The number of aryl methyl sites for hydroxylation is 1. The molecule has 10 heteroatoms. The summed E-state index contributed by atoms with van der Waals surface area (Å²) in [5, 5.41) is 2.70. The van der Waals surface area contributed by atoms with Crippen LogP contribution in [0.1, 0.15) is 18.4 Å². The number of carbonyl (C=O) groups is 2. The minimum absolute atomic E-state index is 0.0332. The number of amides is 2. The van der Waals surface area contributed by atoms with Crippen molar-refractivity contribution in [2.75, 3.05) is 56.1 Å². The van der Waals surface area contributed by atoms with Crippen LogP contribution in [0.3, 0.4) is 0 Å². The fraction of sp³-hybridized carbons (Fsp3) is 0.440. The third-order valence-electron chi connectivity index (χ3n) is 6.97. The summed E-state index contributed by atoms with van der Waals surface area (Å²) in [7, 11) is -3.82. The summed E-state index contributed by atoms with van der Waals surface area (Å²) < 4.78 is 34.0. The van der Waals surface area contributed by atoms with Gasteiger partial charge in [-0.1, -0.05) is 18.2 Å². The van der Waals surface area contributed by atoms with E-state index in [1.807, 2.05) is 23.1 Å². The molecule has 9 nitrogen and oxygen atoms in total. The van der Waals surface area contributed by atoms with E-state index in [4.69, 9.17) is 4.74 Å². The van der Waals surface area contributed by atoms with Crippen LogP contribution in [-0.2, 0) is 19.6 Å². The lowest BCUT2D eigenvalue weighted by Crippen LogP contribution is -2.53. The fourth-order valence-corrected chi connectivity index (χ4v) is 6.82. The molecule has 0 aliphatic carbocycles. The fourth-order valence-electron chi connectivity index (χ4n) is 5.08. The Morgan fingerprint density at radius 2 is 1.80 bits per heavy atom. The molecule has 0 aromatic heterocycles. The molecular formula is C25H30N4O5S. The van der Waals surface area contributed by atoms with Crippen molar-refractivity contribution in [3.8, 4) is 5.75 Å². The zero-order valence-corrected chi connectivity index (χ0v) is 20.6. The van der Waals surface area contributed by atoms with Gasteiger partial charge in [-0.25, -0.2) is 8.42 Å². The van der Waals surface area contributed by atoms with Crippen molar-refractivity contribution in [1.29, 1.82) is 0 Å². The smallest absolute Gasteiger partial charge is 0.262 e. The zero-order chi connectivity index (χ0) is 24.6. The van der Waals surface area contributed by atoms with E-state index < -0.39 is 10.0 Å². The maximum atomic E-state index is 13.6. The normalized spacial score (nSPS) is 21.2. The number of fused-ring (bicyclic) bond motifs is 1. The van der Waals surface area contributed by atoms with Crippen molar-refractivity contribution < 1.29 is 22.7 Å². The minimum Gasteiger partial charge on any atom is -0.482 e. The number of benzene rings is 2. The first-order valence-electron chi connectivity index (χ1n) is 12.0. The van der Waals surface area contributed by atoms with Gasteiger partial charge < -0.3 is 19.9 Å². The van der Waals surface area contributed by atoms with Gasteiger partial charge in [0.1, 0.15) is 5.75 Å². The molecule has 3 aliphatic rings. The number of sulfonamides is 1. The Hall–Kier alpha value is -3.11. The molecule has 2 fully saturated rings. The van der Waals surface area contributed by atoms with Gasteiger partial charge in [-0.3, -0.25) is 9.59 Å². The second-order valence-electron chi connectivity index (χ2n) is 9.30. The van der Waals surface area contributed by atoms with Crippen molar-refractivity contribution in [3.05, 3.63) is 48.0 Å². The first kappa shape index (κ1) is 23.6. The van der Waals surface area contributed by atoms with Crippen LogP contribution in [0.4, 0.5) is 11.4 Å². The quantitative estimate of drug-likeness (QED) is 0.693. The number of piperazine rings is 1. The monoisotopic (exact) mass is 498 g/mol. The summed E-state index contributed by atoms with van der Waals surface area (Å²) in [5.74, 6) is -0.245. The molecule has 2 amide bonds. The highest BCUT2D eigenvalue weighted by Crippen LogP contribution is 2.35. The number of anilines is 2. The van der Waals surface area contributed by atoms with E-state index >= 15 is 0 Å². The van der Waals surface area contributed by atoms with E-state index in [0.717, 1.165) is 18.8 Å².